The summed E-state index contributed by atoms with van der Waals surface area (Å²) in [4.78, 5) is 24.8. The molecule has 0 atom stereocenters. The zero-order chi connectivity index (χ0) is 27.3. The van der Waals surface area contributed by atoms with E-state index in [4.69, 9.17) is 18.9 Å². The predicted octanol–water partition coefficient (Wildman–Crippen LogP) is 7.17. The summed E-state index contributed by atoms with van der Waals surface area (Å²) in [6.45, 7) is 19.0. The van der Waals surface area contributed by atoms with Crippen molar-refractivity contribution in [1.29, 1.82) is 0 Å². The van der Waals surface area contributed by atoms with Crippen molar-refractivity contribution in [1.82, 2.24) is 0 Å². The first-order valence-electron chi connectivity index (χ1n) is 12.1. The molecular formula is C30H40O6. The van der Waals surface area contributed by atoms with E-state index in [1.165, 1.54) is 6.08 Å². The molecule has 2 aromatic carbocycles. The Balaban J connectivity index is 2.23. The topological polar surface area (TPSA) is 71.1 Å². The number of ether oxygens (including phenoxy) is 4. The molecule has 0 aromatic heterocycles. The van der Waals surface area contributed by atoms with Crippen LogP contribution < -0.4 is 14.2 Å². The summed E-state index contributed by atoms with van der Waals surface area (Å²) in [6, 6.07) is 10.5. The predicted molar refractivity (Wildman–Crippen MR) is 143 cm³/mol. The van der Waals surface area contributed by atoms with Gasteiger partial charge in [0.1, 0.15) is 28.5 Å². The highest BCUT2D eigenvalue weighted by Crippen LogP contribution is 2.37. The molecule has 0 heterocycles. The number of hydrogen-bond acceptors (Lipinski definition) is 6. The number of benzene rings is 2. The summed E-state index contributed by atoms with van der Waals surface area (Å²) in [7, 11) is 0. The Morgan fingerprint density at radius 2 is 1.39 bits per heavy atom. The van der Waals surface area contributed by atoms with Gasteiger partial charge in [0.15, 0.2) is 5.78 Å². The zero-order valence-electron chi connectivity index (χ0n) is 23.3. The third kappa shape index (κ3) is 9.06. The summed E-state index contributed by atoms with van der Waals surface area (Å²) >= 11 is 0. The highest BCUT2D eigenvalue weighted by molar-refractivity contribution is 6.07. The van der Waals surface area contributed by atoms with Crippen molar-refractivity contribution in [3.63, 3.8) is 0 Å². The molecule has 6 heteroatoms. The second-order valence-corrected chi connectivity index (χ2v) is 11.7. The van der Waals surface area contributed by atoms with E-state index in [9.17, 15) is 9.59 Å². The molecule has 36 heavy (non-hydrogen) atoms. The molecule has 196 valence electrons. The fourth-order valence-corrected chi connectivity index (χ4v) is 3.05. The molecule has 0 aliphatic rings. The van der Waals surface area contributed by atoms with Crippen LogP contribution in [0.15, 0.2) is 42.5 Å². The standard InChI is InChI=1S/C30H40O6/c1-20-11-18-25(35-29(5,6)7)23(26(20)36-30(8,9)10)16-17-24(31)21-12-14-22(15-13-21)33-19-34-27(32)28(2,3)4/h11-18H,19H2,1-10H3. The van der Waals surface area contributed by atoms with Crippen LogP contribution in [0.2, 0.25) is 0 Å². The smallest absolute Gasteiger partial charge is 0.314 e. The van der Waals surface area contributed by atoms with Crippen LogP contribution in [-0.2, 0) is 9.53 Å². The maximum atomic E-state index is 12.9. The molecule has 2 rings (SSSR count). The minimum absolute atomic E-state index is 0.175. The van der Waals surface area contributed by atoms with E-state index >= 15 is 0 Å². The molecular weight excluding hydrogens is 456 g/mol. The highest BCUT2D eigenvalue weighted by atomic mass is 16.7. The Morgan fingerprint density at radius 1 is 0.806 bits per heavy atom. The van der Waals surface area contributed by atoms with Crippen molar-refractivity contribution >= 4 is 17.8 Å². The molecule has 2 aromatic rings. The quantitative estimate of drug-likeness (QED) is 0.167. The van der Waals surface area contributed by atoms with Gasteiger partial charge >= 0.3 is 5.97 Å². The van der Waals surface area contributed by atoms with Gasteiger partial charge in [-0.25, -0.2) is 0 Å². The van der Waals surface area contributed by atoms with E-state index in [0.717, 1.165) is 5.56 Å². The van der Waals surface area contributed by atoms with Crippen molar-refractivity contribution in [3.8, 4) is 17.2 Å². The lowest BCUT2D eigenvalue weighted by Gasteiger charge is -2.27. The first-order valence-corrected chi connectivity index (χ1v) is 12.1. The molecule has 6 nitrogen and oxygen atoms in total. The molecule has 0 amide bonds. The molecule has 0 saturated carbocycles. The van der Waals surface area contributed by atoms with Gasteiger partial charge < -0.3 is 18.9 Å². The van der Waals surface area contributed by atoms with Gasteiger partial charge in [-0.1, -0.05) is 6.07 Å². The van der Waals surface area contributed by atoms with Crippen molar-refractivity contribution in [2.75, 3.05) is 6.79 Å². The first kappa shape index (κ1) is 29.0. The van der Waals surface area contributed by atoms with E-state index in [0.29, 0.717) is 28.4 Å². The number of rotatable bonds is 8. The second kappa shape index (κ2) is 11.2. The van der Waals surface area contributed by atoms with Crippen LogP contribution in [0, 0.1) is 12.3 Å². The summed E-state index contributed by atoms with van der Waals surface area (Å²) in [5, 5.41) is 0. The minimum Gasteiger partial charge on any atom is -0.487 e. The van der Waals surface area contributed by atoms with Crippen molar-refractivity contribution in [2.45, 2.75) is 80.4 Å². The maximum absolute atomic E-state index is 12.9. The fraction of sp³-hybridized carbons (Fsp3) is 0.467. The van der Waals surface area contributed by atoms with Crippen LogP contribution in [0.1, 0.15) is 83.8 Å². The molecule has 0 bridgehead atoms. The lowest BCUT2D eigenvalue weighted by molar-refractivity contribution is -0.159. The summed E-state index contributed by atoms with van der Waals surface area (Å²) in [6.07, 6.45) is 3.26. The van der Waals surface area contributed by atoms with Gasteiger partial charge in [-0.2, -0.15) is 0 Å². The molecule has 0 aliphatic heterocycles. The Hall–Kier alpha value is -3.28. The average molecular weight is 497 g/mol. The third-order valence-electron chi connectivity index (χ3n) is 4.75. The summed E-state index contributed by atoms with van der Waals surface area (Å²) in [5.41, 5.74) is 0.723. The molecule has 0 spiro atoms. The van der Waals surface area contributed by atoms with E-state index in [1.807, 2.05) is 60.6 Å². The van der Waals surface area contributed by atoms with Gasteiger partial charge in [-0.05, 0) is 117 Å². The summed E-state index contributed by atoms with van der Waals surface area (Å²) in [5.74, 6) is 1.30. The van der Waals surface area contributed by atoms with E-state index in [1.54, 1.807) is 51.1 Å². The average Bonchev–Trinajstić information content (AvgIpc) is 2.73. The van der Waals surface area contributed by atoms with Crippen LogP contribution in [-0.4, -0.2) is 29.7 Å². The number of allylic oxidation sites excluding steroid dienone is 1. The lowest BCUT2D eigenvalue weighted by atomic mass is 9.98. The monoisotopic (exact) mass is 496 g/mol. The molecule has 0 unspecified atom stereocenters. The van der Waals surface area contributed by atoms with Gasteiger partial charge in [0.2, 0.25) is 6.79 Å². The van der Waals surface area contributed by atoms with Crippen LogP contribution in [0.25, 0.3) is 6.08 Å². The molecule has 0 fully saturated rings. The van der Waals surface area contributed by atoms with Gasteiger partial charge in [0.05, 0.1) is 11.0 Å². The van der Waals surface area contributed by atoms with Crippen LogP contribution in [0.3, 0.4) is 0 Å². The van der Waals surface area contributed by atoms with Gasteiger partial charge in [-0.3, -0.25) is 9.59 Å². The van der Waals surface area contributed by atoms with E-state index in [-0.39, 0.29) is 18.5 Å². The largest absolute Gasteiger partial charge is 0.487 e. The molecule has 0 aliphatic carbocycles. The first-order chi connectivity index (χ1) is 16.5. The SMILES string of the molecule is Cc1ccc(OC(C)(C)C)c(C=CC(=O)c2ccc(OCOC(=O)C(C)(C)C)cc2)c1OC(C)(C)C. The van der Waals surface area contributed by atoms with Crippen LogP contribution >= 0.6 is 0 Å². The van der Waals surface area contributed by atoms with Gasteiger partial charge in [0.25, 0.3) is 0 Å². The maximum Gasteiger partial charge on any atom is 0.314 e. The number of ketones is 1. The van der Waals surface area contributed by atoms with Crippen molar-refractivity contribution in [2.24, 2.45) is 5.41 Å². The Kier molecular flexibility index (Phi) is 9.00. The van der Waals surface area contributed by atoms with Crippen LogP contribution in [0.5, 0.6) is 17.2 Å². The third-order valence-corrected chi connectivity index (χ3v) is 4.75. The number of carbonyl (C=O) groups excluding carboxylic acids is 2. The number of aryl methyl sites for hydroxylation is 1. The molecule has 0 radical (unpaired) electrons. The van der Waals surface area contributed by atoms with Crippen molar-refractivity contribution in [3.05, 3.63) is 59.2 Å². The van der Waals surface area contributed by atoms with Crippen LogP contribution in [0.4, 0.5) is 0 Å². The normalized spacial score (nSPS) is 12.4. The van der Waals surface area contributed by atoms with Gasteiger partial charge in [0, 0.05) is 5.56 Å². The highest BCUT2D eigenvalue weighted by Gasteiger charge is 2.23. The summed E-state index contributed by atoms with van der Waals surface area (Å²) < 4.78 is 23.0. The van der Waals surface area contributed by atoms with E-state index in [2.05, 4.69) is 0 Å². The van der Waals surface area contributed by atoms with E-state index < -0.39 is 16.6 Å². The number of carbonyl (C=O) groups is 2. The Morgan fingerprint density at radius 3 is 1.92 bits per heavy atom. The molecule has 0 saturated heterocycles. The Bertz CT molecular complexity index is 1090. The minimum atomic E-state index is -0.598. The number of hydrogen-bond donors (Lipinski definition) is 0. The lowest BCUT2D eigenvalue weighted by Crippen LogP contribution is -2.25. The fourth-order valence-electron chi connectivity index (χ4n) is 3.05. The van der Waals surface area contributed by atoms with Gasteiger partial charge in [-0.15, -0.1) is 0 Å². The number of esters is 1. The zero-order valence-corrected chi connectivity index (χ0v) is 23.3. The second-order valence-electron chi connectivity index (χ2n) is 11.7. The molecule has 0 N–H and O–H groups in total. The Labute approximate surface area is 215 Å². The van der Waals surface area contributed by atoms with Crippen molar-refractivity contribution < 1.29 is 28.5 Å².